The van der Waals surface area contributed by atoms with Crippen molar-refractivity contribution in [1.82, 2.24) is 4.90 Å². The Morgan fingerprint density at radius 3 is 2.88 bits per heavy atom. The van der Waals surface area contributed by atoms with Gasteiger partial charge < -0.3 is 14.4 Å². The molecule has 1 amide bonds. The molecule has 0 unspecified atom stereocenters. The SMILES string of the molecule is CCOCCCN1COCC(C)=C(C)C1=O. The van der Waals surface area contributed by atoms with E-state index in [0.29, 0.717) is 26.5 Å². The molecule has 16 heavy (non-hydrogen) atoms. The molecular formula is C12H21NO3. The molecule has 0 aromatic carbocycles. The lowest BCUT2D eigenvalue weighted by Gasteiger charge is -2.20. The summed E-state index contributed by atoms with van der Waals surface area (Å²) >= 11 is 0. The van der Waals surface area contributed by atoms with Crippen LogP contribution in [0, 0.1) is 0 Å². The van der Waals surface area contributed by atoms with Gasteiger partial charge in [-0.2, -0.15) is 0 Å². The molecule has 0 aromatic heterocycles. The van der Waals surface area contributed by atoms with Crippen molar-refractivity contribution in [3.63, 3.8) is 0 Å². The molecule has 0 fully saturated rings. The van der Waals surface area contributed by atoms with Crippen molar-refractivity contribution >= 4 is 5.91 Å². The van der Waals surface area contributed by atoms with E-state index < -0.39 is 0 Å². The van der Waals surface area contributed by atoms with Gasteiger partial charge in [0.2, 0.25) is 0 Å². The zero-order valence-electron chi connectivity index (χ0n) is 10.4. The van der Waals surface area contributed by atoms with Crippen molar-refractivity contribution in [3.8, 4) is 0 Å². The molecule has 1 aliphatic rings. The maximum atomic E-state index is 12.0. The molecule has 0 bridgehead atoms. The summed E-state index contributed by atoms with van der Waals surface area (Å²) in [6.45, 7) is 8.84. The largest absolute Gasteiger partial charge is 0.382 e. The first-order valence-electron chi connectivity index (χ1n) is 5.78. The van der Waals surface area contributed by atoms with E-state index in [-0.39, 0.29) is 5.91 Å². The van der Waals surface area contributed by atoms with Gasteiger partial charge in [-0.05, 0) is 32.8 Å². The van der Waals surface area contributed by atoms with Crippen LogP contribution in [0.5, 0.6) is 0 Å². The van der Waals surface area contributed by atoms with Gasteiger partial charge in [0.25, 0.3) is 5.91 Å². The van der Waals surface area contributed by atoms with Crippen molar-refractivity contribution in [3.05, 3.63) is 11.1 Å². The Balaban J connectivity index is 2.44. The summed E-state index contributed by atoms with van der Waals surface area (Å²) in [6, 6.07) is 0. The van der Waals surface area contributed by atoms with Crippen molar-refractivity contribution in [1.29, 1.82) is 0 Å². The molecule has 1 aliphatic heterocycles. The van der Waals surface area contributed by atoms with Gasteiger partial charge in [0.15, 0.2) is 0 Å². The number of hydrogen-bond donors (Lipinski definition) is 0. The Kier molecular flexibility index (Phi) is 5.49. The summed E-state index contributed by atoms with van der Waals surface area (Å²) in [4.78, 5) is 13.7. The second-order valence-corrected chi connectivity index (χ2v) is 4.00. The number of carbonyl (C=O) groups excluding carboxylic acids is 1. The van der Waals surface area contributed by atoms with E-state index in [4.69, 9.17) is 9.47 Å². The minimum Gasteiger partial charge on any atom is -0.382 e. The maximum absolute atomic E-state index is 12.0. The zero-order chi connectivity index (χ0) is 12.0. The molecule has 1 heterocycles. The summed E-state index contributed by atoms with van der Waals surface area (Å²) in [7, 11) is 0. The molecule has 0 radical (unpaired) electrons. The van der Waals surface area contributed by atoms with Crippen molar-refractivity contribution in [2.75, 3.05) is 33.1 Å². The summed E-state index contributed by atoms with van der Waals surface area (Å²) in [5.74, 6) is 0.0894. The highest BCUT2D eigenvalue weighted by Gasteiger charge is 2.19. The van der Waals surface area contributed by atoms with E-state index in [2.05, 4.69) is 0 Å². The van der Waals surface area contributed by atoms with Gasteiger partial charge in [-0.1, -0.05) is 0 Å². The maximum Gasteiger partial charge on any atom is 0.251 e. The summed E-state index contributed by atoms with van der Waals surface area (Å²) in [5.41, 5.74) is 1.84. The number of ether oxygens (including phenoxy) is 2. The van der Waals surface area contributed by atoms with Crippen LogP contribution in [0.3, 0.4) is 0 Å². The summed E-state index contributed by atoms with van der Waals surface area (Å²) in [6.07, 6.45) is 0.856. The van der Waals surface area contributed by atoms with E-state index in [1.165, 1.54) is 0 Å². The molecule has 4 heteroatoms. The quantitative estimate of drug-likeness (QED) is 0.669. The van der Waals surface area contributed by atoms with Crippen LogP contribution < -0.4 is 0 Å². The average molecular weight is 227 g/mol. The number of nitrogens with zero attached hydrogens (tertiary/aromatic N) is 1. The third kappa shape index (κ3) is 3.61. The normalized spacial score (nSPS) is 17.9. The molecule has 4 nitrogen and oxygen atoms in total. The van der Waals surface area contributed by atoms with Gasteiger partial charge >= 0.3 is 0 Å². The minimum atomic E-state index is 0.0894. The van der Waals surface area contributed by atoms with E-state index >= 15 is 0 Å². The highest BCUT2D eigenvalue weighted by atomic mass is 16.5. The molecule has 0 spiro atoms. The van der Waals surface area contributed by atoms with Gasteiger partial charge in [0, 0.05) is 25.3 Å². The Labute approximate surface area is 97.2 Å². The Morgan fingerprint density at radius 2 is 2.19 bits per heavy atom. The smallest absolute Gasteiger partial charge is 0.251 e. The lowest BCUT2D eigenvalue weighted by atomic mass is 10.1. The minimum absolute atomic E-state index is 0.0894. The number of hydrogen-bond acceptors (Lipinski definition) is 3. The van der Waals surface area contributed by atoms with Crippen LogP contribution in [0.1, 0.15) is 27.2 Å². The monoisotopic (exact) mass is 227 g/mol. The van der Waals surface area contributed by atoms with Crippen LogP contribution in [0.25, 0.3) is 0 Å². The van der Waals surface area contributed by atoms with E-state index in [1.807, 2.05) is 20.8 Å². The first-order valence-corrected chi connectivity index (χ1v) is 5.78. The molecule has 0 aliphatic carbocycles. The first kappa shape index (κ1) is 13.2. The summed E-state index contributed by atoms with van der Waals surface area (Å²) < 4.78 is 10.7. The molecule has 0 atom stereocenters. The molecule has 1 rings (SSSR count). The molecule has 0 saturated carbocycles. The zero-order valence-corrected chi connectivity index (χ0v) is 10.4. The van der Waals surface area contributed by atoms with Gasteiger partial charge in [-0.25, -0.2) is 0 Å². The van der Waals surface area contributed by atoms with Crippen LogP contribution >= 0.6 is 0 Å². The molecule has 0 aromatic rings. The van der Waals surface area contributed by atoms with E-state index in [1.54, 1.807) is 4.90 Å². The predicted octanol–water partition coefficient (Wildman–Crippen LogP) is 1.57. The first-order chi connectivity index (χ1) is 7.66. The second-order valence-electron chi connectivity index (χ2n) is 4.00. The van der Waals surface area contributed by atoms with Gasteiger partial charge in [0.1, 0.15) is 6.73 Å². The highest BCUT2D eigenvalue weighted by Crippen LogP contribution is 2.13. The third-order valence-corrected chi connectivity index (χ3v) is 2.73. The standard InChI is InChI=1S/C12H21NO3/c1-4-15-7-5-6-13-9-16-8-10(2)11(3)12(13)14/h4-9H2,1-3H3. The van der Waals surface area contributed by atoms with E-state index in [0.717, 1.165) is 24.2 Å². The highest BCUT2D eigenvalue weighted by molar-refractivity contribution is 5.93. The second kappa shape index (κ2) is 6.66. The van der Waals surface area contributed by atoms with Crippen molar-refractivity contribution < 1.29 is 14.3 Å². The van der Waals surface area contributed by atoms with Gasteiger partial charge in [0.05, 0.1) is 6.61 Å². The number of carbonyl (C=O) groups is 1. The van der Waals surface area contributed by atoms with E-state index in [9.17, 15) is 4.79 Å². The Morgan fingerprint density at radius 1 is 1.44 bits per heavy atom. The fraction of sp³-hybridized carbons (Fsp3) is 0.750. The van der Waals surface area contributed by atoms with Crippen molar-refractivity contribution in [2.45, 2.75) is 27.2 Å². The topological polar surface area (TPSA) is 38.8 Å². The Bertz CT molecular complexity index is 273. The van der Waals surface area contributed by atoms with Crippen LogP contribution in [-0.2, 0) is 14.3 Å². The van der Waals surface area contributed by atoms with Gasteiger partial charge in [-0.3, -0.25) is 4.79 Å². The van der Waals surface area contributed by atoms with Crippen LogP contribution in [-0.4, -0.2) is 43.9 Å². The molecule has 0 N–H and O–H groups in total. The summed E-state index contributed by atoms with van der Waals surface area (Å²) in [5, 5.41) is 0. The fourth-order valence-corrected chi connectivity index (χ4v) is 1.56. The lowest BCUT2D eigenvalue weighted by molar-refractivity contribution is -0.131. The predicted molar refractivity (Wildman–Crippen MR) is 62.0 cm³/mol. The molecule has 0 saturated heterocycles. The lowest BCUT2D eigenvalue weighted by Crippen LogP contribution is -2.33. The molecule has 92 valence electrons. The molecular weight excluding hydrogens is 206 g/mol. The van der Waals surface area contributed by atoms with Crippen LogP contribution in [0.4, 0.5) is 0 Å². The fourth-order valence-electron chi connectivity index (χ4n) is 1.56. The Hall–Kier alpha value is -0.870. The third-order valence-electron chi connectivity index (χ3n) is 2.73. The van der Waals surface area contributed by atoms with Crippen molar-refractivity contribution in [2.24, 2.45) is 0 Å². The average Bonchev–Trinajstić information content (AvgIpc) is 2.40. The number of rotatable bonds is 5. The van der Waals surface area contributed by atoms with Crippen LogP contribution in [0.15, 0.2) is 11.1 Å². The van der Waals surface area contributed by atoms with Gasteiger partial charge in [-0.15, -0.1) is 0 Å². The number of amides is 1. The van der Waals surface area contributed by atoms with Crippen LogP contribution in [0.2, 0.25) is 0 Å².